The van der Waals surface area contributed by atoms with Gasteiger partial charge in [-0.2, -0.15) is 0 Å². The molecule has 7 nitrogen and oxygen atoms in total. The van der Waals surface area contributed by atoms with Gasteiger partial charge in [-0.15, -0.1) is 0 Å². The number of anilines is 1. The van der Waals surface area contributed by atoms with Crippen molar-refractivity contribution in [3.63, 3.8) is 0 Å². The molecule has 0 fully saturated rings. The molecule has 3 aromatic carbocycles. The van der Waals surface area contributed by atoms with Crippen molar-refractivity contribution in [1.29, 1.82) is 0 Å². The SMILES string of the molecule is CCNC(=O)[C@@H](C)N(Cc1ccc(Br)cc1)C(=O)CN(c1ccccc1F)S(=O)(=O)c1ccccc1. The number of para-hydroxylation sites is 1. The summed E-state index contributed by atoms with van der Waals surface area (Å²) in [4.78, 5) is 27.5. The van der Waals surface area contributed by atoms with Crippen LogP contribution in [-0.2, 0) is 26.2 Å². The fourth-order valence-electron chi connectivity index (χ4n) is 3.58. The Morgan fingerprint density at radius 3 is 2.19 bits per heavy atom. The van der Waals surface area contributed by atoms with E-state index in [0.717, 1.165) is 20.4 Å². The number of rotatable bonds is 10. The highest BCUT2D eigenvalue weighted by Gasteiger charge is 2.33. The molecule has 3 aromatic rings. The minimum Gasteiger partial charge on any atom is -0.355 e. The molecule has 0 saturated heterocycles. The van der Waals surface area contributed by atoms with Gasteiger partial charge in [0.25, 0.3) is 10.0 Å². The van der Waals surface area contributed by atoms with Crippen LogP contribution in [0.4, 0.5) is 10.1 Å². The second kappa shape index (κ2) is 12.1. The Labute approximate surface area is 219 Å². The van der Waals surface area contributed by atoms with Crippen LogP contribution in [0.3, 0.4) is 0 Å². The standard InChI is InChI=1S/C26H27BrFN3O4S/c1-3-29-26(33)19(2)30(17-20-13-15-21(27)16-14-20)25(32)18-31(24-12-8-7-11-23(24)28)36(34,35)22-9-5-4-6-10-22/h4-16,19H,3,17-18H2,1-2H3,(H,29,33)/t19-/m1/s1. The molecular weight excluding hydrogens is 549 g/mol. The molecule has 2 amide bonds. The zero-order chi connectivity index (χ0) is 26.3. The third-order valence-corrected chi connectivity index (χ3v) is 7.82. The molecule has 0 bridgehead atoms. The van der Waals surface area contributed by atoms with Gasteiger partial charge >= 0.3 is 0 Å². The summed E-state index contributed by atoms with van der Waals surface area (Å²) in [6, 6.07) is 19.2. The van der Waals surface area contributed by atoms with E-state index < -0.39 is 34.3 Å². The lowest BCUT2D eigenvalue weighted by atomic mass is 10.1. The summed E-state index contributed by atoms with van der Waals surface area (Å²) in [5, 5.41) is 2.69. The highest BCUT2D eigenvalue weighted by Crippen LogP contribution is 2.27. The van der Waals surface area contributed by atoms with Crippen LogP contribution in [0.15, 0.2) is 88.2 Å². The van der Waals surface area contributed by atoms with Crippen LogP contribution in [0.5, 0.6) is 0 Å². The van der Waals surface area contributed by atoms with Gasteiger partial charge in [0.1, 0.15) is 18.4 Å². The smallest absolute Gasteiger partial charge is 0.264 e. The van der Waals surface area contributed by atoms with E-state index >= 15 is 0 Å². The molecule has 0 aromatic heterocycles. The van der Waals surface area contributed by atoms with Crippen molar-refractivity contribution < 1.29 is 22.4 Å². The second-order valence-corrected chi connectivity index (χ2v) is 10.8. The lowest BCUT2D eigenvalue weighted by Crippen LogP contribution is -2.51. The Morgan fingerprint density at radius 1 is 0.972 bits per heavy atom. The summed E-state index contributed by atoms with van der Waals surface area (Å²) in [5.41, 5.74) is 0.481. The number of amides is 2. The number of carbonyl (C=O) groups excluding carboxylic acids is 2. The van der Waals surface area contributed by atoms with Crippen molar-refractivity contribution in [3.05, 3.63) is 94.7 Å². The molecule has 1 atom stereocenters. The van der Waals surface area contributed by atoms with Crippen molar-refractivity contribution in [2.75, 3.05) is 17.4 Å². The molecule has 3 rings (SSSR count). The van der Waals surface area contributed by atoms with E-state index in [9.17, 15) is 22.4 Å². The summed E-state index contributed by atoms with van der Waals surface area (Å²) in [7, 11) is -4.30. The van der Waals surface area contributed by atoms with Gasteiger partial charge in [-0.1, -0.05) is 58.4 Å². The highest BCUT2D eigenvalue weighted by molar-refractivity contribution is 9.10. The molecule has 0 aliphatic heterocycles. The Kier molecular flexibility index (Phi) is 9.22. The molecule has 10 heteroatoms. The van der Waals surface area contributed by atoms with Gasteiger partial charge in [-0.25, -0.2) is 12.8 Å². The Hall–Kier alpha value is -3.24. The van der Waals surface area contributed by atoms with Gasteiger partial charge < -0.3 is 10.2 Å². The number of benzene rings is 3. The van der Waals surface area contributed by atoms with Gasteiger partial charge in [0.05, 0.1) is 10.6 Å². The molecule has 0 radical (unpaired) electrons. The first-order valence-corrected chi connectivity index (χ1v) is 13.5. The third kappa shape index (κ3) is 6.50. The summed E-state index contributed by atoms with van der Waals surface area (Å²) < 4.78 is 43.5. The molecule has 36 heavy (non-hydrogen) atoms. The average molecular weight is 576 g/mol. The topological polar surface area (TPSA) is 86.8 Å². The largest absolute Gasteiger partial charge is 0.355 e. The number of nitrogens with one attached hydrogen (secondary N) is 1. The monoisotopic (exact) mass is 575 g/mol. The van der Waals surface area contributed by atoms with Gasteiger partial charge in [0.15, 0.2) is 0 Å². The molecule has 190 valence electrons. The van der Waals surface area contributed by atoms with Crippen LogP contribution < -0.4 is 9.62 Å². The molecule has 0 aliphatic carbocycles. The Bertz CT molecular complexity index is 1300. The summed E-state index contributed by atoms with van der Waals surface area (Å²) in [6.45, 7) is 3.06. The van der Waals surface area contributed by atoms with E-state index in [4.69, 9.17) is 0 Å². The second-order valence-electron chi connectivity index (χ2n) is 7.99. The van der Waals surface area contributed by atoms with Crippen molar-refractivity contribution in [1.82, 2.24) is 10.2 Å². The summed E-state index contributed by atoms with van der Waals surface area (Å²) in [5.74, 6) is -1.83. The van der Waals surface area contributed by atoms with Crippen molar-refractivity contribution in [3.8, 4) is 0 Å². The van der Waals surface area contributed by atoms with E-state index in [-0.39, 0.29) is 23.0 Å². The fourth-order valence-corrected chi connectivity index (χ4v) is 5.29. The van der Waals surface area contributed by atoms with Crippen LogP contribution in [0.25, 0.3) is 0 Å². The van der Waals surface area contributed by atoms with Crippen LogP contribution in [0.1, 0.15) is 19.4 Å². The van der Waals surface area contributed by atoms with Crippen LogP contribution in [-0.4, -0.2) is 44.3 Å². The van der Waals surface area contributed by atoms with Crippen LogP contribution in [0, 0.1) is 5.82 Å². The molecule has 0 aliphatic rings. The minimum absolute atomic E-state index is 0.0565. The quantitative estimate of drug-likeness (QED) is 0.389. The highest BCUT2D eigenvalue weighted by atomic mass is 79.9. The maximum Gasteiger partial charge on any atom is 0.264 e. The fraction of sp³-hybridized carbons (Fsp3) is 0.231. The van der Waals surface area contributed by atoms with Gasteiger partial charge in [-0.3, -0.25) is 13.9 Å². The number of likely N-dealkylation sites (N-methyl/N-ethyl adjacent to an activating group) is 1. The Balaban J connectivity index is 2.02. The van der Waals surface area contributed by atoms with Crippen LogP contribution in [0.2, 0.25) is 0 Å². The number of nitrogens with zero attached hydrogens (tertiary/aromatic N) is 2. The molecular formula is C26H27BrFN3O4S. The van der Waals surface area contributed by atoms with E-state index in [0.29, 0.717) is 6.54 Å². The summed E-state index contributed by atoms with van der Waals surface area (Å²) in [6.07, 6.45) is 0. The number of carbonyl (C=O) groups is 2. The Morgan fingerprint density at radius 2 is 1.58 bits per heavy atom. The first kappa shape index (κ1) is 27.3. The van der Waals surface area contributed by atoms with Gasteiger partial charge in [0, 0.05) is 17.6 Å². The van der Waals surface area contributed by atoms with E-state index in [1.165, 1.54) is 35.2 Å². The normalized spacial score (nSPS) is 12.0. The van der Waals surface area contributed by atoms with E-state index in [2.05, 4.69) is 21.2 Å². The zero-order valence-corrected chi connectivity index (χ0v) is 22.3. The minimum atomic E-state index is -4.30. The van der Waals surface area contributed by atoms with Crippen LogP contribution >= 0.6 is 15.9 Å². The van der Waals surface area contributed by atoms with Crippen molar-refractivity contribution >= 4 is 43.5 Å². The average Bonchev–Trinajstić information content (AvgIpc) is 2.87. The molecule has 0 spiro atoms. The van der Waals surface area contributed by atoms with E-state index in [1.807, 2.05) is 0 Å². The van der Waals surface area contributed by atoms with Crippen molar-refractivity contribution in [2.24, 2.45) is 0 Å². The maximum atomic E-state index is 14.8. The lowest BCUT2D eigenvalue weighted by Gasteiger charge is -2.32. The number of hydrogen-bond donors (Lipinski definition) is 1. The number of hydrogen-bond acceptors (Lipinski definition) is 4. The van der Waals surface area contributed by atoms with Gasteiger partial charge in [-0.05, 0) is 55.8 Å². The predicted molar refractivity (Wildman–Crippen MR) is 140 cm³/mol. The molecule has 1 N–H and O–H groups in total. The summed E-state index contributed by atoms with van der Waals surface area (Å²) >= 11 is 3.37. The number of halogens is 2. The van der Waals surface area contributed by atoms with Crippen molar-refractivity contribution in [2.45, 2.75) is 31.3 Å². The first-order valence-electron chi connectivity index (χ1n) is 11.3. The van der Waals surface area contributed by atoms with Gasteiger partial charge in [0.2, 0.25) is 11.8 Å². The predicted octanol–water partition coefficient (Wildman–Crippen LogP) is 4.34. The zero-order valence-electron chi connectivity index (χ0n) is 19.9. The lowest BCUT2D eigenvalue weighted by molar-refractivity contribution is -0.139. The molecule has 0 unspecified atom stereocenters. The molecule has 0 heterocycles. The third-order valence-electron chi connectivity index (χ3n) is 5.52. The van der Waals surface area contributed by atoms with E-state index in [1.54, 1.807) is 56.3 Å². The molecule has 0 saturated carbocycles. The maximum absolute atomic E-state index is 14.8. The first-order chi connectivity index (χ1) is 17.1. The number of sulfonamides is 1.